The first-order valence-corrected chi connectivity index (χ1v) is 5.63. The van der Waals surface area contributed by atoms with E-state index in [1.165, 1.54) is 0 Å². The first-order chi connectivity index (χ1) is 8.20. The number of hydrogen-bond acceptors (Lipinski definition) is 3. The molecule has 1 atom stereocenters. The highest BCUT2D eigenvalue weighted by molar-refractivity contribution is 5.66. The van der Waals surface area contributed by atoms with E-state index < -0.39 is 0 Å². The van der Waals surface area contributed by atoms with Crippen molar-refractivity contribution >= 4 is 0 Å². The number of ether oxygens (including phenoxy) is 1. The van der Waals surface area contributed by atoms with Gasteiger partial charge in [-0.15, -0.1) is 0 Å². The smallest absolute Gasteiger partial charge is 0.128 e. The van der Waals surface area contributed by atoms with Gasteiger partial charge in [0.25, 0.3) is 0 Å². The molecule has 1 aromatic carbocycles. The van der Waals surface area contributed by atoms with E-state index >= 15 is 0 Å². The predicted octanol–water partition coefficient (Wildman–Crippen LogP) is 1.97. The zero-order chi connectivity index (χ0) is 12.3. The number of H-pyrrole nitrogens is 1. The summed E-state index contributed by atoms with van der Waals surface area (Å²) in [4.78, 5) is 7.58. The van der Waals surface area contributed by atoms with Gasteiger partial charge in [0.15, 0.2) is 0 Å². The molecule has 1 unspecified atom stereocenters. The van der Waals surface area contributed by atoms with Gasteiger partial charge < -0.3 is 15.5 Å². The summed E-state index contributed by atoms with van der Waals surface area (Å²) in [6.07, 6.45) is 2.56. The molecule has 0 saturated heterocycles. The lowest BCUT2D eigenvalue weighted by Gasteiger charge is -2.05. The molecule has 0 aliphatic rings. The standard InChI is InChI=1S/C13H17N3O/c1-9(14)7-13-15-8-11(16-13)10-5-3-4-6-12(10)17-2/h3-6,8-9H,7,14H2,1-2H3,(H,15,16). The molecule has 17 heavy (non-hydrogen) atoms. The molecule has 0 fully saturated rings. The molecule has 0 spiro atoms. The van der Waals surface area contributed by atoms with Crippen LogP contribution in [0.1, 0.15) is 12.7 Å². The van der Waals surface area contributed by atoms with E-state index in [2.05, 4.69) is 9.97 Å². The molecule has 0 radical (unpaired) electrons. The third-order valence-corrected chi connectivity index (χ3v) is 2.54. The fourth-order valence-corrected chi connectivity index (χ4v) is 1.78. The first-order valence-electron chi connectivity index (χ1n) is 5.63. The average molecular weight is 231 g/mol. The number of hydrogen-bond donors (Lipinski definition) is 2. The van der Waals surface area contributed by atoms with Gasteiger partial charge in [-0.3, -0.25) is 0 Å². The number of benzene rings is 1. The van der Waals surface area contributed by atoms with Gasteiger partial charge in [-0.05, 0) is 19.1 Å². The summed E-state index contributed by atoms with van der Waals surface area (Å²) in [5.74, 6) is 1.74. The topological polar surface area (TPSA) is 63.9 Å². The lowest BCUT2D eigenvalue weighted by Crippen LogP contribution is -2.18. The summed E-state index contributed by atoms with van der Waals surface area (Å²) in [6.45, 7) is 1.96. The van der Waals surface area contributed by atoms with E-state index in [9.17, 15) is 0 Å². The van der Waals surface area contributed by atoms with Crippen LogP contribution in [0, 0.1) is 0 Å². The van der Waals surface area contributed by atoms with E-state index in [1.807, 2.05) is 37.4 Å². The summed E-state index contributed by atoms with van der Waals surface area (Å²) in [5, 5.41) is 0. The molecule has 0 aliphatic carbocycles. The van der Waals surface area contributed by atoms with Crippen LogP contribution in [0.25, 0.3) is 11.3 Å². The Balaban J connectivity index is 2.30. The second kappa shape index (κ2) is 5.01. The number of imidazole rings is 1. The Morgan fingerprint density at radius 1 is 1.41 bits per heavy atom. The minimum Gasteiger partial charge on any atom is -0.496 e. The van der Waals surface area contributed by atoms with Crippen LogP contribution in [0.5, 0.6) is 5.75 Å². The van der Waals surface area contributed by atoms with Crippen LogP contribution in [-0.2, 0) is 6.42 Å². The number of nitrogens with one attached hydrogen (secondary N) is 1. The van der Waals surface area contributed by atoms with Crippen molar-refractivity contribution in [3.8, 4) is 17.0 Å². The quantitative estimate of drug-likeness (QED) is 0.845. The monoisotopic (exact) mass is 231 g/mol. The second-order valence-electron chi connectivity index (χ2n) is 4.13. The fourth-order valence-electron chi connectivity index (χ4n) is 1.78. The van der Waals surface area contributed by atoms with Crippen molar-refractivity contribution in [2.75, 3.05) is 7.11 Å². The van der Waals surface area contributed by atoms with Crippen LogP contribution in [0.3, 0.4) is 0 Å². The molecule has 0 saturated carbocycles. The third-order valence-electron chi connectivity index (χ3n) is 2.54. The molecule has 0 bridgehead atoms. The number of nitrogens with two attached hydrogens (primary N) is 1. The van der Waals surface area contributed by atoms with Gasteiger partial charge in [0.05, 0.1) is 19.0 Å². The van der Waals surface area contributed by atoms with E-state index in [0.29, 0.717) is 0 Å². The number of aromatic amines is 1. The van der Waals surface area contributed by atoms with Crippen LogP contribution in [0.4, 0.5) is 0 Å². The second-order valence-corrected chi connectivity index (χ2v) is 4.13. The molecule has 2 aromatic rings. The van der Waals surface area contributed by atoms with Gasteiger partial charge >= 0.3 is 0 Å². The van der Waals surface area contributed by atoms with Gasteiger partial charge in [0, 0.05) is 18.0 Å². The molecule has 2 rings (SSSR count). The van der Waals surface area contributed by atoms with Crippen molar-refractivity contribution < 1.29 is 4.74 Å². The number of rotatable bonds is 4. The highest BCUT2D eigenvalue weighted by Gasteiger charge is 2.08. The van der Waals surface area contributed by atoms with Gasteiger partial charge in [0.1, 0.15) is 11.6 Å². The van der Waals surface area contributed by atoms with E-state index in [-0.39, 0.29) is 6.04 Å². The van der Waals surface area contributed by atoms with Crippen LogP contribution in [0.15, 0.2) is 30.5 Å². The van der Waals surface area contributed by atoms with Gasteiger partial charge in [-0.25, -0.2) is 4.98 Å². The summed E-state index contributed by atoms with van der Waals surface area (Å²) < 4.78 is 5.32. The fraction of sp³-hybridized carbons (Fsp3) is 0.308. The lowest BCUT2D eigenvalue weighted by molar-refractivity contribution is 0.416. The Morgan fingerprint density at radius 2 is 2.18 bits per heavy atom. The van der Waals surface area contributed by atoms with Crippen LogP contribution >= 0.6 is 0 Å². The van der Waals surface area contributed by atoms with Crippen LogP contribution < -0.4 is 10.5 Å². The SMILES string of the molecule is COc1ccccc1-c1cnc(CC(C)N)[nH]1. The zero-order valence-corrected chi connectivity index (χ0v) is 10.1. The molecule has 4 nitrogen and oxygen atoms in total. The first kappa shape index (κ1) is 11.7. The maximum absolute atomic E-state index is 5.74. The Hall–Kier alpha value is -1.81. The molecule has 1 aromatic heterocycles. The Kier molecular flexibility index (Phi) is 3.44. The van der Waals surface area contributed by atoms with Gasteiger partial charge in [0.2, 0.25) is 0 Å². The molecule has 0 aliphatic heterocycles. The average Bonchev–Trinajstić information content (AvgIpc) is 2.76. The Bertz CT molecular complexity index is 491. The number of aromatic nitrogens is 2. The summed E-state index contributed by atoms with van der Waals surface area (Å²) in [7, 11) is 1.66. The Morgan fingerprint density at radius 3 is 2.88 bits per heavy atom. The molecule has 4 heteroatoms. The van der Waals surface area contributed by atoms with Crippen molar-refractivity contribution in [2.45, 2.75) is 19.4 Å². The molecular formula is C13H17N3O. The highest BCUT2D eigenvalue weighted by Crippen LogP contribution is 2.27. The van der Waals surface area contributed by atoms with E-state index in [1.54, 1.807) is 7.11 Å². The van der Waals surface area contributed by atoms with E-state index in [0.717, 1.165) is 29.3 Å². The van der Waals surface area contributed by atoms with Gasteiger partial charge in [-0.1, -0.05) is 12.1 Å². The van der Waals surface area contributed by atoms with Crippen molar-refractivity contribution in [2.24, 2.45) is 5.73 Å². The zero-order valence-electron chi connectivity index (χ0n) is 10.1. The maximum Gasteiger partial charge on any atom is 0.128 e. The summed E-state index contributed by atoms with van der Waals surface area (Å²) in [5.41, 5.74) is 7.71. The minimum atomic E-state index is 0.103. The Labute approximate surface area is 101 Å². The number of para-hydroxylation sites is 1. The van der Waals surface area contributed by atoms with E-state index in [4.69, 9.17) is 10.5 Å². The molecule has 1 heterocycles. The van der Waals surface area contributed by atoms with Crippen molar-refractivity contribution in [3.05, 3.63) is 36.3 Å². The third kappa shape index (κ3) is 2.65. The molecule has 90 valence electrons. The predicted molar refractivity (Wildman–Crippen MR) is 67.9 cm³/mol. The summed E-state index contributed by atoms with van der Waals surface area (Å²) >= 11 is 0. The maximum atomic E-state index is 5.74. The molecule has 0 amide bonds. The highest BCUT2D eigenvalue weighted by atomic mass is 16.5. The molecule has 3 N–H and O–H groups in total. The van der Waals surface area contributed by atoms with Crippen molar-refractivity contribution in [1.82, 2.24) is 9.97 Å². The van der Waals surface area contributed by atoms with Gasteiger partial charge in [-0.2, -0.15) is 0 Å². The summed E-state index contributed by atoms with van der Waals surface area (Å²) in [6, 6.07) is 7.96. The van der Waals surface area contributed by atoms with Crippen LogP contribution in [-0.4, -0.2) is 23.1 Å². The number of nitrogens with zero attached hydrogens (tertiary/aromatic N) is 1. The largest absolute Gasteiger partial charge is 0.496 e. The number of methoxy groups -OCH3 is 1. The normalized spacial score (nSPS) is 12.4. The molecular weight excluding hydrogens is 214 g/mol. The van der Waals surface area contributed by atoms with Crippen molar-refractivity contribution in [3.63, 3.8) is 0 Å². The minimum absolute atomic E-state index is 0.103. The van der Waals surface area contributed by atoms with Crippen LogP contribution in [0.2, 0.25) is 0 Å². The lowest BCUT2D eigenvalue weighted by atomic mass is 10.1. The van der Waals surface area contributed by atoms with Crippen molar-refractivity contribution in [1.29, 1.82) is 0 Å².